The van der Waals surface area contributed by atoms with E-state index in [1.807, 2.05) is 36.6 Å². The Morgan fingerprint density at radius 1 is 1.33 bits per heavy atom. The third-order valence-corrected chi connectivity index (χ3v) is 5.56. The molecule has 0 radical (unpaired) electrons. The lowest BCUT2D eigenvalue weighted by Crippen LogP contribution is -2.47. The topological polar surface area (TPSA) is 82.1 Å². The number of aliphatic hydroxyl groups excluding tert-OH is 1. The second-order valence-electron chi connectivity index (χ2n) is 7.35. The normalized spacial score (nSPS) is 27.6. The van der Waals surface area contributed by atoms with Crippen molar-refractivity contribution < 1.29 is 5.11 Å². The maximum absolute atomic E-state index is 10.6. The fourth-order valence-electron chi connectivity index (χ4n) is 3.85. The molecule has 4 N–H and O–H groups in total. The molecule has 0 aromatic carbocycles. The highest BCUT2D eigenvalue weighted by Crippen LogP contribution is 2.31. The average Bonchev–Trinajstić information content (AvgIpc) is 2.71. The largest absolute Gasteiger partial charge is 0.386 e. The number of aliphatic hydroxyl groups is 1. The number of aromatic nitrogens is 2. The molecule has 4 rings (SSSR count). The number of nitrogens with zero attached hydrogens (tertiary/aromatic N) is 2. The zero-order valence-corrected chi connectivity index (χ0v) is 15.7. The summed E-state index contributed by atoms with van der Waals surface area (Å²) in [5.41, 5.74) is -0.555. The summed E-state index contributed by atoms with van der Waals surface area (Å²) in [4.78, 5) is 9.14. The van der Waals surface area contributed by atoms with Crippen LogP contribution in [0.4, 0.5) is 11.6 Å². The Morgan fingerprint density at radius 3 is 3.04 bits per heavy atom. The van der Waals surface area contributed by atoms with Gasteiger partial charge in [0, 0.05) is 35.8 Å². The van der Waals surface area contributed by atoms with Crippen LogP contribution in [0, 0.1) is 0 Å². The molecule has 1 aliphatic heterocycles. The highest BCUT2D eigenvalue weighted by Gasteiger charge is 2.34. The van der Waals surface area contributed by atoms with Crippen LogP contribution in [0.1, 0.15) is 26.2 Å². The first-order valence-corrected chi connectivity index (χ1v) is 9.74. The molecule has 3 heterocycles. The molecule has 1 aliphatic carbocycles. The van der Waals surface area contributed by atoms with E-state index in [2.05, 4.69) is 38.9 Å². The van der Waals surface area contributed by atoms with Gasteiger partial charge in [-0.05, 0) is 37.9 Å². The molecule has 2 aliphatic rings. The zero-order valence-electron chi connectivity index (χ0n) is 15.7. The van der Waals surface area contributed by atoms with Crippen LogP contribution in [0.2, 0.25) is 0 Å². The fraction of sp³-hybridized carbons (Fsp3) is 0.429. The van der Waals surface area contributed by atoms with Crippen LogP contribution in [0.3, 0.4) is 0 Å². The fourth-order valence-corrected chi connectivity index (χ4v) is 3.85. The minimum atomic E-state index is -0.600. The standard InChI is InChI=1S/C21H27N5O/c1-2-21(9-4-3-7-18(21)27)26-20-17-12-19(24-13-15(17)8-11-23-20)25-16-6-5-10-22-14-16/h3-4,7-9,11-13,16,18,22,27H,2,5-6,10,14H2,1H3,(H,23,26)(H,24,25)/t16-,18?,21-/m0/s1. The predicted molar refractivity (Wildman–Crippen MR) is 110 cm³/mol. The summed E-state index contributed by atoms with van der Waals surface area (Å²) < 4.78 is 0. The Bertz CT molecular complexity index is 859. The second-order valence-corrected chi connectivity index (χ2v) is 7.35. The van der Waals surface area contributed by atoms with Crippen molar-refractivity contribution in [3.8, 4) is 0 Å². The van der Waals surface area contributed by atoms with Gasteiger partial charge in [0.25, 0.3) is 0 Å². The van der Waals surface area contributed by atoms with Crippen molar-refractivity contribution in [2.75, 3.05) is 23.7 Å². The molecule has 0 bridgehead atoms. The molecule has 1 fully saturated rings. The summed E-state index contributed by atoms with van der Waals surface area (Å²) in [6.45, 7) is 4.11. The Hall–Kier alpha value is -2.44. The number of pyridine rings is 2. The minimum absolute atomic E-state index is 0.395. The van der Waals surface area contributed by atoms with E-state index in [0.29, 0.717) is 6.04 Å². The Balaban J connectivity index is 1.65. The third-order valence-electron chi connectivity index (χ3n) is 5.56. The number of allylic oxidation sites excluding steroid dienone is 2. The van der Waals surface area contributed by atoms with E-state index in [9.17, 15) is 5.11 Å². The van der Waals surface area contributed by atoms with Crippen molar-refractivity contribution in [2.24, 2.45) is 0 Å². The first kappa shape index (κ1) is 17.9. The van der Waals surface area contributed by atoms with Gasteiger partial charge in [-0.2, -0.15) is 0 Å². The van der Waals surface area contributed by atoms with Gasteiger partial charge in [0.2, 0.25) is 0 Å². The summed E-state index contributed by atoms with van der Waals surface area (Å²) in [5, 5.41) is 23.0. The van der Waals surface area contributed by atoms with Crippen molar-refractivity contribution in [3.63, 3.8) is 0 Å². The first-order chi connectivity index (χ1) is 13.2. The summed E-state index contributed by atoms with van der Waals surface area (Å²) >= 11 is 0. The summed E-state index contributed by atoms with van der Waals surface area (Å²) in [7, 11) is 0. The van der Waals surface area contributed by atoms with Gasteiger partial charge in [-0.15, -0.1) is 0 Å². The smallest absolute Gasteiger partial charge is 0.134 e. The lowest BCUT2D eigenvalue weighted by molar-refractivity contribution is 0.160. The average molecular weight is 365 g/mol. The summed E-state index contributed by atoms with van der Waals surface area (Å²) in [6.07, 6.45) is 13.8. The Kier molecular flexibility index (Phi) is 5.09. The molecule has 1 saturated heterocycles. The SMILES string of the molecule is CC[C@]1(Nc2nccc3cnc(N[C@H]4CCCNC4)cc23)C=CC=CC1O. The number of anilines is 2. The predicted octanol–water partition coefficient (Wildman–Crippen LogP) is 2.84. The highest BCUT2D eigenvalue weighted by molar-refractivity contribution is 5.93. The molecule has 2 aromatic rings. The van der Waals surface area contributed by atoms with Crippen molar-refractivity contribution >= 4 is 22.4 Å². The quantitative estimate of drug-likeness (QED) is 0.652. The number of hydrogen-bond acceptors (Lipinski definition) is 6. The van der Waals surface area contributed by atoms with E-state index in [1.165, 1.54) is 6.42 Å². The van der Waals surface area contributed by atoms with E-state index in [0.717, 1.165) is 48.3 Å². The number of rotatable bonds is 5. The molecule has 0 saturated carbocycles. The van der Waals surface area contributed by atoms with Crippen molar-refractivity contribution in [1.82, 2.24) is 15.3 Å². The Morgan fingerprint density at radius 2 is 2.26 bits per heavy atom. The molecular weight excluding hydrogens is 338 g/mol. The highest BCUT2D eigenvalue weighted by atomic mass is 16.3. The van der Waals surface area contributed by atoms with Gasteiger partial charge in [-0.3, -0.25) is 0 Å². The maximum Gasteiger partial charge on any atom is 0.134 e. The lowest BCUT2D eigenvalue weighted by Gasteiger charge is -2.36. The van der Waals surface area contributed by atoms with Gasteiger partial charge in [0.05, 0.1) is 11.6 Å². The van der Waals surface area contributed by atoms with Crippen molar-refractivity contribution in [3.05, 3.63) is 48.8 Å². The van der Waals surface area contributed by atoms with Crippen LogP contribution in [0.25, 0.3) is 10.8 Å². The third kappa shape index (κ3) is 3.68. The molecule has 0 amide bonds. The molecule has 0 spiro atoms. The molecule has 142 valence electrons. The van der Waals surface area contributed by atoms with Crippen LogP contribution in [-0.2, 0) is 0 Å². The van der Waals surface area contributed by atoms with Crippen LogP contribution >= 0.6 is 0 Å². The molecule has 6 nitrogen and oxygen atoms in total. The molecule has 3 atom stereocenters. The van der Waals surface area contributed by atoms with E-state index in [-0.39, 0.29) is 0 Å². The molecule has 6 heteroatoms. The number of piperidine rings is 1. The molecule has 1 unspecified atom stereocenters. The lowest BCUT2D eigenvalue weighted by atomic mass is 9.85. The van der Waals surface area contributed by atoms with E-state index >= 15 is 0 Å². The maximum atomic E-state index is 10.6. The van der Waals surface area contributed by atoms with Gasteiger partial charge >= 0.3 is 0 Å². The molecule has 2 aromatic heterocycles. The minimum Gasteiger partial charge on any atom is -0.386 e. The molecular formula is C21H27N5O. The number of hydrogen-bond donors (Lipinski definition) is 4. The van der Waals surface area contributed by atoms with E-state index in [1.54, 1.807) is 6.20 Å². The van der Waals surface area contributed by atoms with E-state index in [4.69, 9.17) is 0 Å². The monoisotopic (exact) mass is 365 g/mol. The zero-order chi connectivity index (χ0) is 18.7. The molecule has 27 heavy (non-hydrogen) atoms. The van der Waals surface area contributed by atoms with Crippen LogP contribution < -0.4 is 16.0 Å². The van der Waals surface area contributed by atoms with Crippen molar-refractivity contribution in [1.29, 1.82) is 0 Å². The number of nitrogens with one attached hydrogen (secondary N) is 3. The Labute approximate surface area is 159 Å². The summed E-state index contributed by atoms with van der Waals surface area (Å²) in [6, 6.07) is 4.41. The van der Waals surface area contributed by atoms with E-state index < -0.39 is 11.6 Å². The van der Waals surface area contributed by atoms with Gasteiger partial charge in [-0.1, -0.05) is 31.2 Å². The first-order valence-electron chi connectivity index (χ1n) is 9.74. The summed E-state index contributed by atoms with van der Waals surface area (Å²) in [5.74, 6) is 1.62. The van der Waals surface area contributed by atoms with Crippen LogP contribution in [-0.4, -0.2) is 45.8 Å². The van der Waals surface area contributed by atoms with Gasteiger partial charge in [-0.25, -0.2) is 9.97 Å². The van der Waals surface area contributed by atoms with Crippen molar-refractivity contribution in [2.45, 2.75) is 43.9 Å². The van der Waals surface area contributed by atoms with Gasteiger partial charge in [0.15, 0.2) is 0 Å². The second kappa shape index (κ2) is 7.66. The number of fused-ring (bicyclic) bond motifs is 1. The van der Waals surface area contributed by atoms with Gasteiger partial charge in [0.1, 0.15) is 11.6 Å². The van der Waals surface area contributed by atoms with Gasteiger partial charge < -0.3 is 21.1 Å². The van der Waals surface area contributed by atoms with Crippen LogP contribution in [0.15, 0.2) is 48.8 Å². The van der Waals surface area contributed by atoms with Crippen LogP contribution in [0.5, 0.6) is 0 Å².